The number of nitrogens with zero attached hydrogens (tertiary/aromatic N) is 1. The van der Waals surface area contributed by atoms with E-state index in [0.717, 1.165) is 28.9 Å². The highest BCUT2D eigenvalue weighted by Gasteiger charge is 2.46. The third-order valence-electron chi connectivity index (χ3n) is 4.91. The summed E-state index contributed by atoms with van der Waals surface area (Å²) < 4.78 is 2.14. The Balaban J connectivity index is 2.11. The first-order valence-electron chi connectivity index (χ1n) is 8.30. The molecule has 0 saturated carbocycles. The van der Waals surface area contributed by atoms with Crippen LogP contribution in [0.2, 0.25) is 0 Å². The van der Waals surface area contributed by atoms with Crippen molar-refractivity contribution in [2.45, 2.75) is 18.8 Å². The van der Waals surface area contributed by atoms with Crippen molar-refractivity contribution < 1.29 is 14.5 Å². The van der Waals surface area contributed by atoms with Gasteiger partial charge in [-0.05, 0) is 37.1 Å². The molecule has 1 unspecified atom stereocenters. The Hall–Kier alpha value is -2.94. The molecule has 25 heavy (non-hydrogen) atoms. The van der Waals surface area contributed by atoms with Crippen molar-refractivity contribution in [2.24, 2.45) is 0 Å². The van der Waals surface area contributed by atoms with Crippen LogP contribution in [0.15, 0.2) is 67.3 Å². The minimum Gasteiger partial charge on any atom is -0.478 e. The zero-order valence-corrected chi connectivity index (χ0v) is 14.6. The third-order valence-corrected chi connectivity index (χ3v) is 4.91. The second-order valence-electron chi connectivity index (χ2n) is 6.55. The largest absolute Gasteiger partial charge is 0.478 e. The van der Waals surface area contributed by atoms with E-state index in [1.807, 2.05) is 37.4 Å². The van der Waals surface area contributed by atoms with E-state index in [9.17, 15) is 9.90 Å². The molecule has 0 radical (unpaired) electrons. The van der Waals surface area contributed by atoms with E-state index >= 15 is 0 Å². The summed E-state index contributed by atoms with van der Waals surface area (Å²) in [5, 5.41) is 9.35. The zero-order valence-electron chi connectivity index (χ0n) is 14.6. The summed E-state index contributed by atoms with van der Waals surface area (Å²) in [4.78, 5) is 11.4. The van der Waals surface area contributed by atoms with Gasteiger partial charge in [0.05, 0.1) is 11.0 Å². The molecule has 1 aliphatic heterocycles. The van der Waals surface area contributed by atoms with Crippen LogP contribution in [0.1, 0.15) is 34.8 Å². The number of allylic oxidation sites excluding steroid dienone is 2. The maximum Gasteiger partial charge on any atom is 0.335 e. The monoisotopic (exact) mass is 332 g/mol. The van der Waals surface area contributed by atoms with Gasteiger partial charge in [0, 0.05) is 17.7 Å². The van der Waals surface area contributed by atoms with Gasteiger partial charge in [-0.1, -0.05) is 36.4 Å². The molecule has 1 atom stereocenters. The van der Waals surface area contributed by atoms with Crippen molar-refractivity contribution in [2.75, 3.05) is 7.05 Å². The number of rotatable bonds is 5. The Morgan fingerprint density at radius 3 is 2.56 bits per heavy atom. The van der Waals surface area contributed by atoms with Gasteiger partial charge in [-0.2, -0.15) is 4.58 Å². The number of benzene rings is 2. The molecule has 3 heteroatoms. The highest BCUT2D eigenvalue weighted by molar-refractivity contribution is 6.06. The Morgan fingerprint density at radius 2 is 1.92 bits per heavy atom. The highest BCUT2D eigenvalue weighted by Crippen LogP contribution is 2.42. The Morgan fingerprint density at radius 1 is 1.20 bits per heavy atom. The molecule has 0 spiro atoms. The maximum atomic E-state index is 11.4. The standard InChI is InChI=1S/C22H21NO2/c1-4-14-22(2)18-15-17(21(24)25)11-12-19(18)23(3)20(22)13-10-16-8-6-5-7-9-16/h4-13,15H,1,14H2,2-3H3/p+1. The van der Waals surface area contributed by atoms with Crippen LogP contribution >= 0.6 is 0 Å². The summed E-state index contributed by atoms with van der Waals surface area (Å²) in [6.07, 6.45) is 6.85. The molecule has 126 valence electrons. The fourth-order valence-corrected chi connectivity index (χ4v) is 3.58. The van der Waals surface area contributed by atoms with Gasteiger partial charge in [-0.3, -0.25) is 0 Å². The molecule has 1 aliphatic rings. The number of hydrogen-bond acceptors (Lipinski definition) is 1. The van der Waals surface area contributed by atoms with Crippen molar-refractivity contribution in [3.63, 3.8) is 0 Å². The van der Waals surface area contributed by atoms with Crippen LogP contribution in [-0.2, 0) is 5.41 Å². The van der Waals surface area contributed by atoms with Crippen molar-refractivity contribution in [3.05, 3.63) is 84.0 Å². The molecule has 0 saturated heterocycles. The van der Waals surface area contributed by atoms with E-state index < -0.39 is 5.97 Å². The van der Waals surface area contributed by atoms with Gasteiger partial charge in [0.25, 0.3) is 0 Å². The molecular weight excluding hydrogens is 310 g/mol. The number of carboxylic acids is 1. The van der Waals surface area contributed by atoms with Crippen LogP contribution in [0.5, 0.6) is 0 Å². The van der Waals surface area contributed by atoms with Crippen molar-refractivity contribution >= 4 is 23.4 Å². The second-order valence-corrected chi connectivity index (χ2v) is 6.55. The normalized spacial score (nSPS) is 19.3. The van der Waals surface area contributed by atoms with E-state index in [2.05, 4.69) is 42.4 Å². The van der Waals surface area contributed by atoms with Gasteiger partial charge in [0.2, 0.25) is 5.69 Å². The highest BCUT2D eigenvalue weighted by atomic mass is 16.4. The van der Waals surface area contributed by atoms with Crippen LogP contribution in [0.4, 0.5) is 5.69 Å². The fraction of sp³-hybridized carbons (Fsp3) is 0.182. The average molecular weight is 332 g/mol. The molecule has 3 rings (SSSR count). The number of fused-ring (bicyclic) bond motifs is 1. The van der Waals surface area contributed by atoms with Crippen molar-refractivity contribution in [1.29, 1.82) is 0 Å². The second kappa shape index (κ2) is 6.52. The minimum absolute atomic E-state index is 0.303. The number of carboxylic acid groups (broad SMARTS) is 1. The Labute approximate surface area is 148 Å². The summed E-state index contributed by atoms with van der Waals surface area (Å²) in [5.74, 6) is -0.903. The lowest BCUT2D eigenvalue weighted by Gasteiger charge is -2.20. The van der Waals surface area contributed by atoms with Gasteiger partial charge in [-0.15, -0.1) is 6.58 Å². The average Bonchev–Trinajstić information content (AvgIpc) is 2.81. The first-order valence-corrected chi connectivity index (χ1v) is 8.30. The summed E-state index contributed by atoms with van der Waals surface area (Å²) in [7, 11) is 2.03. The Bertz CT molecular complexity index is 893. The molecule has 1 N–H and O–H groups in total. The molecule has 0 bridgehead atoms. The fourth-order valence-electron chi connectivity index (χ4n) is 3.58. The van der Waals surface area contributed by atoms with E-state index in [0.29, 0.717) is 5.56 Å². The smallest absolute Gasteiger partial charge is 0.335 e. The lowest BCUT2D eigenvalue weighted by atomic mass is 9.76. The quantitative estimate of drug-likeness (QED) is 0.639. The van der Waals surface area contributed by atoms with Gasteiger partial charge >= 0.3 is 5.97 Å². The van der Waals surface area contributed by atoms with Crippen LogP contribution in [0.3, 0.4) is 0 Å². The number of carbonyl (C=O) groups is 1. The molecule has 0 aromatic heterocycles. The van der Waals surface area contributed by atoms with E-state index in [1.54, 1.807) is 12.1 Å². The molecule has 1 heterocycles. The van der Waals surface area contributed by atoms with Crippen LogP contribution < -0.4 is 0 Å². The van der Waals surface area contributed by atoms with Crippen molar-refractivity contribution in [1.82, 2.24) is 0 Å². The molecule has 0 aliphatic carbocycles. The predicted octanol–water partition coefficient (Wildman–Crippen LogP) is 4.66. The van der Waals surface area contributed by atoms with Crippen molar-refractivity contribution in [3.8, 4) is 0 Å². The summed E-state index contributed by atoms with van der Waals surface area (Å²) >= 11 is 0. The summed E-state index contributed by atoms with van der Waals surface area (Å²) in [5.41, 5.74) is 4.35. The predicted molar refractivity (Wildman–Crippen MR) is 102 cm³/mol. The maximum absolute atomic E-state index is 11.4. The van der Waals surface area contributed by atoms with E-state index in [-0.39, 0.29) is 5.41 Å². The van der Waals surface area contributed by atoms with Crippen LogP contribution in [-0.4, -0.2) is 28.4 Å². The number of hydrogen-bond donors (Lipinski definition) is 1. The third kappa shape index (κ3) is 2.93. The topological polar surface area (TPSA) is 40.3 Å². The first-order chi connectivity index (χ1) is 12.0. The SMILES string of the molecule is C=CCC1(C)C(C=Cc2ccccc2)=[N+](C)c2ccc(C(=O)O)cc21. The van der Waals surface area contributed by atoms with Crippen LogP contribution in [0.25, 0.3) is 6.08 Å². The first kappa shape index (κ1) is 16.9. The number of aromatic carboxylic acids is 1. The molecule has 2 aromatic rings. The van der Waals surface area contributed by atoms with E-state index in [1.165, 1.54) is 0 Å². The molecule has 2 aromatic carbocycles. The van der Waals surface area contributed by atoms with Gasteiger partial charge in [0.1, 0.15) is 7.05 Å². The van der Waals surface area contributed by atoms with Crippen LogP contribution in [0, 0.1) is 0 Å². The molecule has 0 amide bonds. The zero-order chi connectivity index (χ0) is 18.0. The van der Waals surface area contributed by atoms with Gasteiger partial charge in [-0.25, -0.2) is 4.79 Å². The molecule has 3 nitrogen and oxygen atoms in total. The lowest BCUT2D eigenvalue weighted by molar-refractivity contribution is -0.401. The minimum atomic E-state index is -0.903. The molecular formula is C22H22NO2+. The van der Waals surface area contributed by atoms with Gasteiger partial charge < -0.3 is 5.11 Å². The van der Waals surface area contributed by atoms with E-state index in [4.69, 9.17) is 0 Å². The van der Waals surface area contributed by atoms with Gasteiger partial charge in [0.15, 0.2) is 5.71 Å². The summed E-state index contributed by atoms with van der Waals surface area (Å²) in [6, 6.07) is 15.5. The summed E-state index contributed by atoms with van der Waals surface area (Å²) in [6.45, 7) is 6.05. The lowest BCUT2D eigenvalue weighted by Crippen LogP contribution is -2.30. The molecule has 0 fully saturated rings. The Kier molecular flexibility index (Phi) is 4.41.